The zero-order chi connectivity index (χ0) is 33.1. The average molecular weight is 734 g/mol. The fourth-order valence-corrected chi connectivity index (χ4v) is 7.47. The molecule has 0 saturated heterocycles. The third-order valence-electron chi connectivity index (χ3n) is 7.58. The van der Waals surface area contributed by atoms with E-state index < -0.39 is 12.0 Å². The minimum atomic E-state index is -0.795. The molecule has 0 fully saturated rings. The zero-order valence-corrected chi connectivity index (χ0v) is 28.9. The van der Waals surface area contributed by atoms with Crippen molar-refractivity contribution in [3.05, 3.63) is 130 Å². The molecule has 1 aromatic heterocycles. The van der Waals surface area contributed by atoms with Crippen LogP contribution in [0.1, 0.15) is 36.6 Å². The second-order valence-electron chi connectivity index (χ2n) is 10.5. The molecule has 0 bridgehead atoms. The molecule has 2 heterocycles. The van der Waals surface area contributed by atoms with E-state index in [1.165, 1.54) is 29.2 Å². The molecule has 4 aromatic carbocycles. The summed E-state index contributed by atoms with van der Waals surface area (Å²) < 4.78 is 25.4. The minimum absolute atomic E-state index is 0.219. The third-order valence-corrected chi connectivity index (χ3v) is 9.45. The Morgan fingerprint density at radius 2 is 1.77 bits per heavy atom. The van der Waals surface area contributed by atoms with Crippen molar-refractivity contribution in [3.8, 4) is 17.2 Å². The van der Waals surface area contributed by atoms with Crippen molar-refractivity contribution in [1.29, 1.82) is 0 Å². The first-order valence-corrected chi connectivity index (χ1v) is 16.9. The van der Waals surface area contributed by atoms with Gasteiger partial charge in [-0.05, 0) is 87.6 Å². The van der Waals surface area contributed by atoms with Gasteiger partial charge in [0, 0.05) is 6.20 Å². The van der Waals surface area contributed by atoms with Crippen molar-refractivity contribution in [2.24, 2.45) is 4.99 Å². The Bertz CT molecular complexity index is 2180. The van der Waals surface area contributed by atoms with Crippen molar-refractivity contribution in [3.63, 3.8) is 0 Å². The summed E-state index contributed by atoms with van der Waals surface area (Å²) in [7, 11) is 1.30. The molecule has 1 aliphatic heterocycles. The highest BCUT2D eigenvalue weighted by Crippen LogP contribution is 2.37. The number of thiazole rings is 1. The number of fused-ring (bicyclic) bond motifs is 2. The van der Waals surface area contributed by atoms with Crippen LogP contribution in [0.2, 0.25) is 5.02 Å². The molecule has 11 heteroatoms. The Balaban J connectivity index is 1.36. The van der Waals surface area contributed by atoms with E-state index in [0.717, 1.165) is 16.3 Å². The largest absolute Gasteiger partial charge is 0.490 e. The van der Waals surface area contributed by atoms with Crippen LogP contribution in [0.4, 0.5) is 0 Å². The van der Waals surface area contributed by atoms with Crippen LogP contribution < -0.4 is 29.1 Å². The maximum atomic E-state index is 14.0. The van der Waals surface area contributed by atoms with Gasteiger partial charge in [-0.3, -0.25) is 9.36 Å². The highest BCUT2D eigenvalue weighted by molar-refractivity contribution is 9.10. The molecule has 47 heavy (non-hydrogen) atoms. The summed E-state index contributed by atoms with van der Waals surface area (Å²) in [6.45, 7) is 4.96. The first-order chi connectivity index (χ1) is 22.8. The molecular weight excluding hydrogens is 704 g/mol. The molecule has 0 amide bonds. The molecule has 5 aromatic rings. The molecule has 0 saturated carbocycles. The van der Waals surface area contributed by atoms with E-state index >= 15 is 0 Å². The zero-order valence-electron chi connectivity index (χ0n) is 25.8. The van der Waals surface area contributed by atoms with E-state index in [1.54, 1.807) is 24.3 Å². The van der Waals surface area contributed by atoms with Gasteiger partial charge in [0.05, 0.1) is 46.0 Å². The second kappa shape index (κ2) is 14.2. The topological polar surface area (TPSA) is 88.4 Å². The number of benzene rings is 4. The van der Waals surface area contributed by atoms with Crippen molar-refractivity contribution in [2.45, 2.75) is 26.5 Å². The van der Waals surface area contributed by atoms with Crippen LogP contribution in [0.3, 0.4) is 0 Å². The van der Waals surface area contributed by atoms with E-state index in [2.05, 4.69) is 39.1 Å². The number of hydrogen-bond acceptors (Lipinski definition) is 8. The molecule has 0 spiro atoms. The third kappa shape index (κ3) is 6.58. The second-order valence-corrected chi connectivity index (χ2v) is 12.8. The fraction of sp³-hybridized carbons (Fsp3) is 0.194. The Hall–Kier alpha value is -4.38. The van der Waals surface area contributed by atoms with Gasteiger partial charge in [0.15, 0.2) is 22.0 Å². The number of carbonyl (C=O) groups is 1. The Labute approximate surface area is 288 Å². The molecule has 0 radical (unpaired) electrons. The predicted molar refractivity (Wildman–Crippen MR) is 187 cm³/mol. The molecule has 1 atom stereocenters. The SMILES string of the molecule is CCOc1ccc([C@@H]2C(C(=O)OC)=CN=c3s/c(=C\c4cc(Cl)c(OCc5cccc6ccccc56)c(Br)c4)c(=O)n32)cc1OCC. The number of aromatic nitrogens is 1. The molecular formula is C36H30BrClN2O6S. The predicted octanol–water partition coefficient (Wildman–Crippen LogP) is 6.96. The van der Waals surface area contributed by atoms with Gasteiger partial charge < -0.3 is 18.9 Å². The van der Waals surface area contributed by atoms with Crippen LogP contribution in [-0.2, 0) is 16.1 Å². The molecule has 0 N–H and O–H groups in total. The molecule has 0 aliphatic carbocycles. The van der Waals surface area contributed by atoms with Crippen molar-refractivity contribution >= 4 is 61.7 Å². The highest BCUT2D eigenvalue weighted by atomic mass is 79.9. The first-order valence-electron chi connectivity index (χ1n) is 14.9. The number of hydrogen-bond donors (Lipinski definition) is 0. The van der Waals surface area contributed by atoms with E-state index in [9.17, 15) is 9.59 Å². The van der Waals surface area contributed by atoms with Gasteiger partial charge in [0.1, 0.15) is 6.61 Å². The first kappa shape index (κ1) is 32.6. The van der Waals surface area contributed by atoms with Crippen LogP contribution in [0.25, 0.3) is 16.8 Å². The number of ether oxygens (including phenoxy) is 4. The maximum absolute atomic E-state index is 14.0. The number of halogens is 2. The van der Waals surface area contributed by atoms with Crippen molar-refractivity contribution in [2.75, 3.05) is 20.3 Å². The molecule has 6 rings (SSSR count). The van der Waals surface area contributed by atoms with Crippen LogP contribution >= 0.6 is 38.9 Å². The van der Waals surface area contributed by atoms with Gasteiger partial charge in [-0.15, -0.1) is 0 Å². The van der Waals surface area contributed by atoms with Crippen LogP contribution in [0, 0.1) is 0 Å². The van der Waals surface area contributed by atoms with Crippen molar-refractivity contribution < 1.29 is 23.7 Å². The van der Waals surface area contributed by atoms with Crippen LogP contribution in [0.5, 0.6) is 17.2 Å². The van der Waals surface area contributed by atoms with Gasteiger partial charge in [-0.2, -0.15) is 0 Å². The molecule has 1 aliphatic rings. The summed E-state index contributed by atoms with van der Waals surface area (Å²) in [6.07, 6.45) is 3.20. The van der Waals surface area contributed by atoms with Crippen LogP contribution in [0.15, 0.2) is 98.8 Å². The lowest BCUT2D eigenvalue weighted by molar-refractivity contribution is -0.136. The summed E-state index contributed by atoms with van der Waals surface area (Å²) in [5, 5.41) is 2.64. The number of methoxy groups -OCH3 is 1. The monoisotopic (exact) mass is 732 g/mol. The molecule has 0 unspecified atom stereocenters. The lowest BCUT2D eigenvalue weighted by Gasteiger charge is -2.23. The fourth-order valence-electron chi connectivity index (χ4n) is 5.51. The van der Waals surface area contributed by atoms with Gasteiger partial charge in [-0.1, -0.05) is 71.5 Å². The van der Waals surface area contributed by atoms with E-state index in [-0.39, 0.29) is 11.1 Å². The summed E-state index contributed by atoms with van der Waals surface area (Å²) >= 11 is 11.5. The quantitative estimate of drug-likeness (QED) is 0.144. The number of rotatable bonds is 10. The Morgan fingerprint density at radius 1 is 1.00 bits per heavy atom. The lowest BCUT2D eigenvalue weighted by atomic mass is 9.97. The Morgan fingerprint density at radius 3 is 2.53 bits per heavy atom. The normalized spacial score (nSPS) is 14.3. The maximum Gasteiger partial charge on any atom is 0.337 e. The summed E-state index contributed by atoms with van der Waals surface area (Å²) in [4.78, 5) is 31.8. The van der Waals surface area contributed by atoms with E-state index in [0.29, 0.717) is 67.0 Å². The highest BCUT2D eigenvalue weighted by Gasteiger charge is 2.31. The summed E-state index contributed by atoms with van der Waals surface area (Å²) in [6, 6.07) is 22.4. The standard InChI is InChI=1S/C36H30BrClN2O6S/c1-4-44-29-14-13-23(18-30(29)45-5-2)32-26(35(42)43-3)19-39-36-40(32)34(41)31(47-36)17-21-15-27(37)33(28(38)16-21)46-20-24-11-8-10-22-9-6-7-12-25(22)24/h6-19,32H,4-5,20H2,1-3H3/b31-17-/t32-/m1/s1. The van der Waals surface area contributed by atoms with Gasteiger partial charge in [0.25, 0.3) is 5.56 Å². The lowest BCUT2D eigenvalue weighted by Crippen LogP contribution is -2.39. The van der Waals surface area contributed by atoms with Crippen molar-refractivity contribution in [1.82, 2.24) is 4.57 Å². The number of nitrogens with zero attached hydrogens (tertiary/aromatic N) is 2. The van der Waals surface area contributed by atoms with Gasteiger partial charge in [-0.25, -0.2) is 9.79 Å². The summed E-state index contributed by atoms with van der Waals surface area (Å²) in [5.41, 5.74) is 2.28. The summed E-state index contributed by atoms with van der Waals surface area (Å²) in [5.74, 6) is 0.995. The van der Waals surface area contributed by atoms with Gasteiger partial charge in [0.2, 0.25) is 0 Å². The van der Waals surface area contributed by atoms with E-state index in [4.69, 9.17) is 30.5 Å². The van der Waals surface area contributed by atoms with Crippen LogP contribution in [-0.4, -0.2) is 30.9 Å². The van der Waals surface area contributed by atoms with E-state index in [1.807, 2.05) is 50.2 Å². The number of esters is 1. The smallest absolute Gasteiger partial charge is 0.337 e. The minimum Gasteiger partial charge on any atom is -0.490 e. The van der Waals surface area contributed by atoms with Gasteiger partial charge >= 0.3 is 5.97 Å². The molecule has 240 valence electrons. The molecule has 8 nitrogen and oxygen atoms in total. The number of carbonyl (C=O) groups excluding carboxylic acids is 1. The average Bonchev–Trinajstić information content (AvgIpc) is 3.39. The Kier molecular flexibility index (Phi) is 9.81.